The van der Waals surface area contributed by atoms with Crippen molar-refractivity contribution in [2.75, 3.05) is 16.0 Å². The summed E-state index contributed by atoms with van der Waals surface area (Å²) >= 11 is 5.93. The van der Waals surface area contributed by atoms with E-state index < -0.39 is 0 Å². The number of carbonyl (C=O) groups excluding carboxylic acids is 2. The van der Waals surface area contributed by atoms with E-state index in [9.17, 15) is 9.59 Å². The zero-order valence-electron chi connectivity index (χ0n) is 14.5. The third-order valence-corrected chi connectivity index (χ3v) is 3.82. The smallest absolute Gasteiger partial charge is 0.255 e. The normalized spacial score (nSPS) is 10.1. The van der Waals surface area contributed by atoms with E-state index in [-0.39, 0.29) is 11.8 Å². The molecule has 3 aromatic rings. The van der Waals surface area contributed by atoms with Crippen LogP contribution in [0.1, 0.15) is 17.3 Å². The number of halogens is 1. The lowest BCUT2D eigenvalue weighted by molar-refractivity contribution is -0.114. The third kappa shape index (κ3) is 5.29. The average molecular weight is 381 g/mol. The SMILES string of the molecule is CC(=O)Nc1ccc(Nc2cc(C(=O)Nc3cccc(Cl)c3)ccn2)cc1. The van der Waals surface area contributed by atoms with Crippen molar-refractivity contribution >= 4 is 46.3 Å². The molecule has 0 saturated heterocycles. The van der Waals surface area contributed by atoms with Crippen LogP contribution in [0, 0.1) is 0 Å². The van der Waals surface area contributed by atoms with E-state index in [1.807, 2.05) is 12.1 Å². The molecule has 27 heavy (non-hydrogen) atoms. The van der Waals surface area contributed by atoms with Crippen LogP contribution in [0.25, 0.3) is 0 Å². The lowest BCUT2D eigenvalue weighted by Gasteiger charge is -2.09. The van der Waals surface area contributed by atoms with Gasteiger partial charge in [0, 0.05) is 40.8 Å². The maximum atomic E-state index is 12.4. The van der Waals surface area contributed by atoms with E-state index in [1.54, 1.807) is 54.7 Å². The van der Waals surface area contributed by atoms with Gasteiger partial charge in [0.2, 0.25) is 5.91 Å². The van der Waals surface area contributed by atoms with Crippen LogP contribution in [-0.4, -0.2) is 16.8 Å². The maximum Gasteiger partial charge on any atom is 0.255 e. The summed E-state index contributed by atoms with van der Waals surface area (Å²) in [5, 5.41) is 9.18. The molecule has 1 aromatic heterocycles. The molecule has 0 unspecified atom stereocenters. The molecule has 0 fully saturated rings. The number of nitrogens with zero attached hydrogens (tertiary/aromatic N) is 1. The predicted octanol–water partition coefficient (Wildman–Crippen LogP) is 4.69. The van der Waals surface area contributed by atoms with Gasteiger partial charge >= 0.3 is 0 Å². The molecule has 3 N–H and O–H groups in total. The number of benzene rings is 2. The number of nitrogens with one attached hydrogen (secondary N) is 3. The van der Waals surface area contributed by atoms with E-state index in [4.69, 9.17) is 11.6 Å². The molecule has 136 valence electrons. The maximum absolute atomic E-state index is 12.4. The molecule has 7 heteroatoms. The minimum atomic E-state index is -0.260. The van der Waals surface area contributed by atoms with Gasteiger partial charge in [-0.2, -0.15) is 0 Å². The van der Waals surface area contributed by atoms with Gasteiger partial charge in [-0.25, -0.2) is 4.98 Å². The Morgan fingerprint density at radius 1 is 0.889 bits per heavy atom. The van der Waals surface area contributed by atoms with Crippen molar-refractivity contribution in [3.8, 4) is 0 Å². The number of rotatable bonds is 5. The number of carbonyl (C=O) groups is 2. The molecule has 0 aliphatic rings. The molecule has 0 atom stereocenters. The summed E-state index contributed by atoms with van der Waals surface area (Å²) in [6, 6.07) is 17.4. The van der Waals surface area contributed by atoms with Gasteiger partial charge in [-0.15, -0.1) is 0 Å². The molecule has 3 rings (SSSR count). The Morgan fingerprint density at radius 3 is 2.33 bits per heavy atom. The second-order valence-corrected chi connectivity index (χ2v) is 6.21. The topological polar surface area (TPSA) is 83.1 Å². The van der Waals surface area contributed by atoms with E-state index >= 15 is 0 Å². The van der Waals surface area contributed by atoms with Crippen LogP contribution in [0.5, 0.6) is 0 Å². The summed E-state index contributed by atoms with van der Waals surface area (Å²) in [5.41, 5.74) is 2.56. The fourth-order valence-electron chi connectivity index (χ4n) is 2.40. The van der Waals surface area contributed by atoms with Crippen molar-refractivity contribution in [1.82, 2.24) is 4.98 Å². The van der Waals surface area contributed by atoms with Gasteiger partial charge < -0.3 is 16.0 Å². The number of aromatic nitrogens is 1. The lowest BCUT2D eigenvalue weighted by atomic mass is 10.2. The fourth-order valence-corrected chi connectivity index (χ4v) is 2.59. The summed E-state index contributed by atoms with van der Waals surface area (Å²) in [4.78, 5) is 27.7. The van der Waals surface area contributed by atoms with Gasteiger partial charge in [0.1, 0.15) is 5.82 Å². The van der Waals surface area contributed by atoms with Crippen LogP contribution >= 0.6 is 11.6 Å². The van der Waals surface area contributed by atoms with Crippen LogP contribution in [0.3, 0.4) is 0 Å². The molecule has 0 aliphatic carbocycles. The highest BCUT2D eigenvalue weighted by Gasteiger charge is 2.08. The third-order valence-electron chi connectivity index (χ3n) is 3.58. The first-order valence-corrected chi connectivity index (χ1v) is 8.55. The Hall–Kier alpha value is -3.38. The molecule has 1 heterocycles. The molecular weight excluding hydrogens is 364 g/mol. The molecule has 2 amide bonds. The quantitative estimate of drug-likeness (QED) is 0.599. The van der Waals surface area contributed by atoms with Gasteiger partial charge in [0.05, 0.1) is 0 Å². The minimum Gasteiger partial charge on any atom is -0.340 e. The van der Waals surface area contributed by atoms with E-state index in [1.165, 1.54) is 6.92 Å². The van der Waals surface area contributed by atoms with Gasteiger partial charge in [0.25, 0.3) is 5.91 Å². The molecule has 0 bridgehead atoms. The number of anilines is 4. The summed E-state index contributed by atoms with van der Waals surface area (Å²) in [6.45, 7) is 1.45. The highest BCUT2D eigenvalue weighted by atomic mass is 35.5. The van der Waals surface area contributed by atoms with Crippen molar-refractivity contribution in [2.45, 2.75) is 6.92 Å². The van der Waals surface area contributed by atoms with Crippen LogP contribution in [0.2, 0.25) is 5.02 Å². The van der Waals surface area contributed by atoms with Crippen molar-refractivity contribution in [1.29, 1.82) is 0 Å². The summed E-state index contributed by atoms with van der Waals surface area (Å²) in [6.07, 6.45) is 1.56. The monoisotopic (exact) mass is 380 g/mol. The average Bonchev–Trinajstić information content (AvgIpc) is 2.63. The number of amides is 2. The Morgan fingerprint density at radius 2 is 1.63 bits per heavy atom. The van der Waals surface area contributed by atoms with Gasteiger partial charge in [-0.1, -0.05) is 17.7 Å². The van der Waals surface area contributed by atoms with E-state index in [0.717, 1.165) is 5.69 Å². The van der Waals surface area contributed by atoms with Gasteiger partial charge in [0.15, 0.2) is 0 Å². The second kappa shape index (κ2) is 8.33. The lowest BCUT2D eigenvalue weighted by Crippen LogP contribution is -2.12. The van der Waals surface area contributed by atoms with Gasteiger partial charge in [-0.3, -0.25) is 9.59 Å². The Bertz CT molecular complexity index is 974. The zero-order chi connectivity index (χ0) is 19.2. The molecule has 0 aliphatic heterocycles. The summed E-state index contributed by atoms with van der Waals surface area (Å²) in [7, 11) is 0. The zero-order valence-corrected chi connectivity index (χ0v) is 15.2. The molecule has 2 aromatic carbocycles. The molecule has 0 saturated carbocycles. The van der Waals surface area contributed by atoms with E-state index in [2.05, 4.69) is 20.9 Å². The summed E-state index contributed by atoms with van der Waals surface area (Å²) in [5.74, 6) is 0.139. The first-order chi connectivity index (χ1) is 13.0. The molecule has 0 spiro atoms. The number of hydrogen-bond donors (Lipinski definition) is 3. The number of pyridine rings is 1. The van der Waals surface area contributed by atoms with Crippen molar-refractivity contribution in [3.63, 3.8) is 0 Å². The molecule has 6 nitrogen and oxygen atoms in total. The largest absolute Gasteiger partial charge is 0.340 e. The van der Waals surface area contributed by atoms with Crippen LogP contribution in [0.4, 0.5) is 22.9 Å². The highest BCUT2D eigenvalue weighted by molar-refractivity contribution is 6.31. The Kier molecular flexibility index (Phi) is 5.68. The first kappa shape index (κ1) is 18.4. The molecular formula is C20H17ClN4O2. The van der Waals surface area contributed by atoms with Crippen LogP contribution in [-0.2, 0) is 4.79 Å². The van der Waals surface area contributed by atoms with Crippen molar-refractivity contribution in [3.05, 3.63) is 77.4 Å². The standard InChI is InChI=1S/C20H17ClN4O2/c1-13(26)23-16-5-7-17(8-6-16)24-19-11-14(9-10-22-19)20(27)25-18-4-2-3-15(21)12-18/h2-12H,1H3,(H,22,24)(H,23,26)(H,25,27). The Balaban J connectivity index is 1.69. The fraction of sp³-hybridized carbons (Fsp3) is 0.0500. The van der Waals surface area contributed by atoms with Crippen molar-refractivity contribution < 1.29 is 9.59 Å². The molecule has 0 radical (unpaired) electrons. The Labute approximate surface area is 161 Å². The van der Waals surface area contributed by atoms with Gasteiger partial charge in [-0.05, 0) is 54.6 Å². The predicted molar refractivity (Wildman–Crippen MR) is 108 cm³/mol. The van der Waals surface area contributed by atoms with Crippen LogP contribution < -0.4 is 16.0 Å². The highest BCUT2D eigenvalue weighted by Crippen LogP contribution is 2.20. The van der Waals surface area contributed by atoms with Crippen molar-refractivity contribution in [2.24, 2.45) is 0 Å². The summed E-state index contributed by atoms with van der Waals surface area (Å²) < 4.78 is 0. The minimum absolute atomic E-state index is 0.129. The second-order valence-electron chi connectivity index (χ2n) is 5.78. The van der Waals surface area contributed by atoms with E-state index in [0.29, 0.717) is 27.8 Å². The first-order valence-electron chi connectivity index (χ1n) is 8.17. The number of hydrogen-bond acceptors (Lipinski definition) is 4. The van der Waals surface area contributed by atoms with Crippen LogP contribution in [0.15, 0.2) is 66.9 Å².